The number of nitrogens with zero attached hydrogens (tertiary/aromatic N) is 1. The van der Waals surface area contributed by atoms with Crippen molar-refractivity contribution in [2.24, 2.45) is 0 Å². The third-order valence-electron chi connectivity index (χ3n) is 1.86. The third kappa shape index (κ3) is 9.38. The van der Waals surface area contributed by atoms with Crippen LogP contribution in [0, 0.1) is 0 Å². The van der Waals surface area contributed by atoms with E-state index in [0.29, 0.717) is 0 Å². The number of carbonyl (C=O) groups excluding carboxylic acids is 1. The molecule has 13 heavy (non-hydrogen) atoms. The van der Waals surface area contributed by atoms with Crippen LogP contribution in [-0.4, -0.2) is 23.9 Å². The highest BCUT2D eigenvalue weighted by molar-refractivity contribution is 5.73. The maximum absolute atomic E-state index is 10.9. The molecule has 0 aliphatic carbocycles. The van der Waals surface area contributed by atoms with Crippen LogP contribution in [0.3, 0.4) is 0 Å². The van der Waals surface area contributed by atoms with Gasteiger partial charge in [-0.3, -0.25) is 4.79 Å². The fraction of sp³-hybridized carbons (Fsp3) is 0.909. The molecule has 0 aliphatic rings. The summed E-state index contributed by atoms with van der Waals surface area (Å²) in [5.41, 5.74) is 0. The molecule has 2 heteroatoms. The Labute approximate surface area is 83.3 Å². The summed E-state index contributed by atoms with van der Waals surface area (Å²) in [5, 5.41) is 0. The Kier molecular flexibility index (Phi) is 13.2. The summed E-state index contributed by atoms with van der Waals surface area (Å²) in [6.45, 7) is 11.6. The summed E-state index contributed by atoms with van der Waals surface area (Å²) in [6, 6.07) is 0. The number of carbonyl (C=O) groups is 1. The van der Waals surface area contributed by atoms with Crippen LogP contribution in [0.2, 0.25) is 0 Å². The molecule has 0 saturated heterocycles. The van der Waals surface area contributed by atoms with Gasteiger partial charge in [-0.2, -0.15) is 0 Å². The van der Waals surface area contributed by atoms with E-state index >= 15 is 0 Å². The fourth-order valence-electron chi connectivity index (χ4n) is 1.09. The number of amides is 1. The van der Waals surface area contributed by atoms with Crippen molar-refractivity contribution in [2.45, 2.75) is 53.9 Å². The second-order valence-electron chi connectivity index (χ2n) is 2.81. The molecule has 0 N–H and O–H groups in total. The van der Waals surface area contributed by atoms with Crippen molar-refractivity contribution < 1.29 is 4.79 Å². The topological polar surface area (TPSA) is 20.3 Å². The second kappa shape index (κ2) is 11.5. The molecule has 80 valence electrons. The molecule has 0 aromatic rings. The molecule has 0 aromatic carbocycles. The monoisotopic (exact) mass is 187 g/mol. The van der Waals surface area contributed by atoms with Crippen LogP contribution in [0.4, 0.5) is 0 Å². The summed E-state index contributed by atoms with van der Waals surface area (Å²) in [6.07, 6.45) is 3.59. The average Bonchev–Trinajstić information content (AvgIpc) is 2.15. The minimum Gasteiger partial charge on any atom is -0.343 e. The lowest BCUT2D eigenvalue weighted by Crippen LogP contribution is -2.29. The second-order valence-corrected chi connectivity index (χ2v) is 2.81. The molecule has 0 spiro atoms. The van der Waals surface area contributed by atoms with Crippen molar-refractivity contribution in [1.29, 1.82) is 0 Å². The number of unbranched alkanes of at least 4 members (excludes halogenated alkanes) is 2. The molecular weight excluding hydrogens is 162 g/mol. The normalized spacial score (nSPS) is 8.69. The Hall–Kier alpha value is -0.530. The van der Waals surface area contributed by atoms with Crippen LogP contribution in [0.5, 0.6) is 0 Å². The Morgan fingerprint density at radius 1 is 1.15 bits per heavy atom. The maximum atomic E-state index is 10.9. The third-order valence-corrected chi connectivity index (χ3v) is 1.86. The molecule has 0 fully saturated rings. The smallest absolute Gasteiger partial charge is 0.219 e. The molecule has 0 saturated carbocycles. The van der Waals surface area contributed by atoms with Crippen LogP contribution in [0.1, 0.15) is 53.9 Å². The quantitative estimate of drug-likeness (QED) is 0.606. The molecule has 0 heterocycles. The van der Waals surface area contributed by atoms with Gasteiger partial charge in [0.2, 0.25) is 5.91 Å². The Balaban J connectivity index is 0. The van der Waals surface area contributed by atoms with Gasteiger partial charge in [-0.05, 0) is 13.3 Å². The summed E-state index contributed by atoms with van der Waals surface area (Å²) in [5.74, 6) is 0.198. The molecule has 0 radical (unpaired) electrons. The van der Waals surface area contributed by atoms with E-state index in [-0.39, 0.29) is 5.91 Å². The van der Waals surface area contributed by atoms with Gasteiger partial charge in [0.15, 0.2) is 0 Å². The first-order valence-corrected chi connectivity index (χ1v) is 5.47. The largest absolute Gasteiger partial charge is 0.343 e. The summed E-state index contributed by atoms with van der Waals surface area (Å²) in [7, 11) is 0. The first kappa shape index (κ1) is 15.0. The van der Waals surface area contributed by atoms with Gasteiger partial charge in [0.25, 0.3) is 0 Å². The van der Waals surface area contributed by atoms with Crippen molar-refractivity contribution in [1.82, 2.24) is 4.90 Å². The van der Waals surface area contributed by atoms with Crippen molar-refractivity contribution in [2.75, 3.05) is 13.1 Å². The zero-order valence-electron chi connectivity index (χ0n) is 9.89. The van der Waals surface area contributed by atoms with E-state index < -0.39 is 0 Å². The molecule has 0 aromatic heterocycles. The van der Waals surface area contributed by atoms with E-state index in [1.165, 1.54) is 12.8 Å². The van der Waals surface area contributed by atoms with Gasteiger partial charge >= 0.3 is 0 Å². The maximum Gasteiger partial charge on any atom is 0.219 e. The molecule has 0 unspecified atom stereocenters. The zero-order valence-corrected chi connectivity index (χ0v) is 9.89. The number of rotatable bonds is 5. The minimum absolute atomic E-state index is 0.198. The Morgan fingerprint density at radius 2 is 1.69 bits per heavy atom. The molecular formula is C11H25NO. The first-order valence-electron chi connectivity index (χ1n) is 5.47. The molecule has 1 amide bonds. The van der Waals surface area contributed by atoms with Crippen LogP contribution in [-0.2, 0) is 4.79 Å². The van der Waals surface area contributed by atoms with Crippen LogP contribution in [0.15, 0.2) is 0 Å². The van der Waals surface area contributed by atoms with E-state index in [2.05, 4.69) is 6.92 Å². The van der Waals surface area contributed by atoms with Crippen LogP contribution in [0.25, 0.3) is 0 Å². The zero-order chi connectivity index (χ0) is 10.7. The predicted octanol–water partition coefficient (Wildman–Crippen LogP) is 3.07. The predicted molar refractivity (Wildman–Crippen MR) is 58.8 cm³/mol. The van der Waals surface area contributed by atoms with Gasteiger partial charge < -0.3 is 4.90 Å². The van der Waals surface area contributed by atoms with Gasteiger partial charge in [0.05, 0.1) is 0 Å². The van der Waals surface area contributed by atoms with Gasteiger partial charge in [-0.25, -0.2) is 0 Å². The summed E-state index contributed by atoms with van der Waals surface area (Å²) in [4.78, 5) is 12.8. The lowest BCUT2D eigenvalue weighted by atomic mass is 10.2. The minimum atomic E-state index is 0.198. The SMILES string of the molecule is CC.CCCCCN(CC)C(C)=O. The summed E-state index contributed by atoms with van der Waals surface area (Å²) < 4.78 is 0. The Bertz CT molecular complexity index is 113. The molecule has 0 aliphatic heterocycles. The highest BCUT2D eigenvalue weighted by Crippen LogP contribution is 1.97. The standard InChI is InChI=1S/C9H19NO.C2H6/c1-4-6-7-8-10(5-2)9(3)11;1-2/h4-8H2,1-3H3;1-2H3. The van der Waals surface area contributed by atoms with Crippen molar-refractivity contribution >= 4 is 5.91 Å². The lowest BCUT2D eigenvalue weighted by Gasteiger charge is -2.18. The Morgan fingerprint density at radius 3 is 2.00 bits per heavy atom. The summed E-state index contributed by atoms with van der Waals surface area (Å²) >= 11 is 0. The van der Waals surface area contributed by atoms with Crippen molar-refractivity contribution in [3.8, 4) is 0 Å². The van der Waals surface area contributed by atoms with Crippen molar-refractivity contribution in [3.63, 3.8) is 0 Å². The highest BCUT2D eigenvalue weighted by atomic mass is 16.2. The van der Waals surface area contributed by atoms with Gasteiger partial charge in [-0.15, -0.1) is 0 Å². The molecule has 0 bridgehead atoms. The number of hydrogen-bond acceptors (Lipinski definition) is 1. The van der Waals surface area contributed by atoms with E-state index in [0.717, 1.165) is 19.5 Å². The molecule has 2 nitrogen and oxygen atoms in total. The van der Waals surface area contributed by atoms with Gasteiger partial charge in [0.1, 0.15) is 0 Å². The van der Waals surface area contributed by atoms with Gasteiger partial charge in [-0.1, -0.05) is 33.6 Å². The van der Waals surface area contributed by atoms with Crippen LogP contribution >= 0.6 is 0 Å². The van der Waals surface area contributed by atoms with Crippen molar-refractivity contribution in [3.05, 3.63) is 0 Å². The molecule has 0 rings (SSSR count). The lowest BCUT2D eigenvalue weighted by molar-refractivity contribution is -0.128. The van der Waals surface area contributed by atoms with E-state index in [9.17, 15) is 4.79 Å². The van der Waals surface area contributed by atoms with E-state index in [4.69, 9.17) is 0 Å². The fourth-order valence-corrected chi connectivity index (χ4v) is 1.09. The van der Waals surface area contributed by atoms with Crippen LogP contribution < -0.4 is 0 Å². The molecule has 0 atom stereocenters. The number of hydrogen-bond donors (Lipinski definition) is 0. The van der Waals surface area contributed by atoms with E-state index in [1.807, 2.05) is 25.7 Å². The van der Waals surface area contributed by atoms with Gasteiger partial charge in [0, 0.05) is 20.0 Å². The average molecular weight is 187 g/mol. The highest BCUT2D eigenvalue weighted by Gasteiger charge is 2.03. The first-order chi connectivity index (χ1) is 6.22. The van der Waals surface area contributed by atoms with E-state index in [1.54, 1.807) is 6.92 Å².